The highest BCUT2D eigenvalue weighted by Crippen LogP contribution is 2.27. The third kappa shape index (κ3) is 3.66. The third-order valence-corrected chi connectivity index (χ3v) is 6.09. The number of fused-ring (bicyclic) bond motifs is 1. The van der Waals surface area contributed by atoms with Crippen LogP contribution in [-0.4, -0.2) is 63.1 Å². The van der Waals surface area contributed by atoms with E-state index in [1.807, 2.05) is 12.1 Å². The number of aromatic nitrogens is 5. The molecule has 9 heteroatoms. The van der Waals surface area contributed by atoms with E-state index in [9.17, 15) is 0 Å². The molecule has 0 spiro atoms. The molecule has 1 saturated heterocycles. The number of hydrogen-bond donors (Lipinski definition) is 1. The Morgan fingerprint density at radius 2 is 1.90 bits per heavy atom. The lowest BCUT2D eigenvalue weighted by molar-refractivity contribution is 0.247. The minimum atomic E-state index is 0.714. The largest absolute Gasteiger partial charge is 0.497 e. The van der Waals surface area contributed by atoms with Crippen molar-refractivity contribution in [2.45, 2.75) is 6.54 Å². The van der Waals surface area contributed by atoms with Crippen molar-refractivity contribution in [1.82, 2.24) is 29.8 Å². The van der Waals surface area contributed by atoms with E-state index in [-0.39, 0.29) is 0 Å². The molecule has 3 aromatic heterocycles. The highest BCUT2D eigenvalue weighted by Gasteiger charge is 2.21. The van der Waals surface area contributed by atoms with Crippen molar-refractivity contribution in [3.05, 3.63) is 48.0 Å². The molecular formula is C20H21N7OS. The number of rotatable bonds is 5. The highest BCUT2D eigenvalue weighted by molar-refractivity contribution is 7.13. The molecule has 1 N–H and O–H groups in total. The zero-order chi connectivity index (χ0) is 19.6. The van der Waals surface area contributed by atoms with Crippen molar-refractivity contribution in [2.24, 2.45) is 0 Å². The Hall–Kier alpha value is -3.04. The molecule has 1 fully saturated rings. The van der Waals surface area contributed by atoms with Gasteiger partial charge in [0, 0.05) is 43.7 Å². The lowest BCUT2D eigenvalue weighted by Gasteiger charge is -2.35. The van der Waals surface area contributed by atoms with Gasteiger partial charge < -0.3 is 14.6 Å². The number of thiazole rings is 1. The number of benzene rings is 1. The number of anilines is 1. The van der Waals surface area contributed by atoms with Crippen LogP contribution in [0.5, 0.6) is 5.75 Å². The fourth-order valence-corrected chi connectivity index (χ4v) is 4.40. The summed E-state index contributed by atoms with van der Waals surface area (Å²) < 4.78 is 5.23. The molecule has 0 atom stereocenters. The predicted molar refractivity (Wildman–Crippen MR) is 113 cm³/mol. The van der Waals surface area contributed by atoms with Crippen LogP contribution in [0, 0.1) is 0 Å². The number of methoxy groups -OCH3 is 1. The summed E-state index contributed by atoms with van der Waals surface area (Å²) in [7, 11) is 1.68. The van der Waals surface area contributed by atoms with E-state index in [0.717, 1.165) is 66.1 Å². The number of aromatic amines is 1. The van der Waals surface area contributed by atoms with Crippen molar-refractivity contribution in [2.75, 3.05) is 38.2 Å². The zero-order valence-corrected chi connectivity index (χ0v) is 16.9. The molecule has 0 radical (unpaired) electrons. The monoisotopic (exact) mass is 407 g/mol. The van der Waals surface area contributed by atoms with Crippen molar-refractivity contribution >= 4 is 28.3 Å². The van der Waals surface area contributed by atoms with Gasteiger partial charge in [-0.05, 0) is 24.3 Å². The molecule has 8 nitrogen and oxygen atoms in total. The lowest BCUT2D eigenvalue weighted by atomic mass is 10.2. The third-order valence-electron chi connectivity index (χ3n) is 5.15. The van der Waals surface area contributed by atoms with Gasteiger partial charge in [0.05, 0.1) is 19.1 Å². The van der Waals surface area contributed by atoms with Gasteiger partial charge in [-0.25, -0.2) is 19.9 Å². The first kappa shape index (κ1) is 18.0. The van der Waals surface area contributed by atoms with E-state index in [2.05, 4.69) is 47.2 Å². The molecule has 4 heterocycles. The number of hydrogen-bond acceptors (Lipinski definition) is 8. The van der Waals surface area contributed by atoms with E-state index < -0.39 is 0 Å². The maximum atomic E-state index is 5.23. The van der Waals surface area contributed by atoms with E-state index in [4.69, 9.17) is 9.72 Å². The Bertz CT molecular complexity index is 1100. The molecular weight excluding hydrogens is 386 g/mol. The number of nitrogens with zero attached hydrogens (tertiary/aromatic N) is 6. The fraction of sp³-hybridized carbons (Fsp3) is 0.300. The molecule has 1 aliphatic heterocycles. The predicted octanol–water partition coefficient (Wildman–Crippen LogP) is 2.81. The maximum Gasteiger partial charge on any atom is 0.182 e. The highest BCUT2D eigenvalue weighted by atomic mass is 32.1. The van der Waals surface area contributed by atoms with Crippen molar-refractivity contribution in [3.8, 4) is 16.3 Å². The summed E-state index contributed by atoms with van der Waals surface area (Å²) in [6.45, 7) is 4.63. The maximum absolute atomic E-state index is 5.23. The van der Waals surface area contributed by atoms with Gasteiger partial charge in [-0.15, -0.1) is 11.3 Å². The van der Waals surface area contributed by atoms with Gasteiger partial charge >= 0.3 is 0 Å². The molecule has 1 aliphatic rings. The first-order chi connectivity index (χ1) is 14.3. The Labute approximate surface area is 172 Å². The van der Waals surface area contributed by atoms with E-state index in [1.165, 1.54) is 0 Å². The van der Waals surface area contributed by atoms with Gasteiger partial charge in [0.15, 0.2) is 11.5 Å². The van der Waals surface area contributed by atoms with Crippen LogP contribution in [0.4, 0.5) is 5.82 Å². The van der Waals surface area contributed by atoms with Gasteiger partial charge in [-0.1, -0.05) is 0 Å². The van der Waals surface area contributed by atoms with Crippen molar-refractivity contribution in [1.29, 1.82) is 0 Å². The molecule has 148 valence electrons. The molecule has 29 heavy (non-hydrogen) atoms. The summed E-state index contributed by atoms with van der Waals surface area (Å²) in [5.41, 5.74) is 3.86. The topological polar surface area (TPSA) is 83.1 Å². The van der Waals surface area contributed by atoms with E-state index >= 15 is 0 Å². The van der Waals surface area contributed by atoms with Gasteiger partial charge in [-0.3, -0.25) is 4.90 Å². The van der Waals surface area contributed by atoms with Crippen LogP contribution in [0.2, 0.25) is 0 Å². The van der Waals surface area contributed by atoms with Gasteiger partial charge in [0.1, 0.15) is 22.6 Å². The zero-order valence-electron chi connectivity index (χ0n) is 16.1. The Morgan fingerprint density at radius 1 is 1.07 bits per heavy atom. The summed E-state index contributed by atoms with van der Waals surface area (Å²) in [5, 5.41) is 3.20. The van der Waals surface area contributed by atoms with E-state index in [1.54, 1.807) is 31.1 Å². The van der Waals surface area contributed by atoms with Crippen LogP contribution in [0.25, 0.3) is 21.7 Å². The second kappa shape index (κ2) is 7.76. The van der Waals surface area contributed by atoms with Crippen LogP contribution < -0.4 is 9.64 Å². The van der Waals surface area contributed by atoms with Crippen LogP contribution >= 0.6 is 11.3 Å². The minimum Gasteiger partial charge on any atom is -0.497 e. The SMILES string of the molecule is COc1ccc(-c2nc(CN3CCN(c4ncnc5nc[nH]c45)CC3)cs2)cc1. The number of H-pyrrole nitrogens is 1. The molecule has 0 aliphatic carbocycles. The second-order valence-corrected chi connectivity index (χ2v) is 7.79. The summed E-state index contributed by atoms with van der Waals surface area (Å²) in [4.78, 5) is 25.6. The molecule has 0 saturated carbocycles. The Morgan fingerprint density at radius 3 is 2.69 bits per heavy atom. The van der Waals surface area contributed by atoms with Gasteiger partial charge in [-0.2, -0.15) is 0 Å². The quantitative estimate of drug-likeness (QED) is 0.545. The standard InChI is InChI=1S/C20H21N7OS/c1-28-16-4-2-14(3-5-16)20-25-15(11-29-20)10-26-6-8-27(9-7-26)19-17-18(22-12-21-17)23-13-24-19/h2-5,11-13H,6-10H2,1H3,(H,21,22,23,24). The van der Waals surface area contributed by atoms with Crippen molar-refractivity contribution < 1.29 is 4.74 Å². The fourth-order valence-electron chi connectivity index (χ4n) is 3.58. The Balaban J connectivity index is 1.22. The number of piperazine rings is 1. The van der Waals surface area contributed by atoms with E-state index in [0.29, 0.717) is 5.65 Å². The van der Waals surface area contributed by atoms with Crippen LogP contribution in [0.15, 0.2) is 42.3 Å². The molecule has 0 amide bonds. The van der Waals surface area contributed by atoms with Crippen LogP contribution in [0.3, 0.4) is 0 Å². The Kier molecular flexibility index (Phi) is 4.82. The van der Waals surface area contributed by atoms with Crippen molar-refractivity contribution in [3.63, 3.8) is 0 Å². The number of ether oxygens (including phenoxy) is 1. The summed E-state index contributed by atoms with van der Waals surface area (Å²) in [5.74, 6) is 1.79. The smallest absolute Gasteiger partial charge is 0.182 e. The first-order valence-electron chi connectivity index (χ1n) is 9.50. The van der Waals surface area contributed by atoms with Gasteiger partial charge in [0.2, 0.25) is 0 Å². The summed E-state index contributed by atoms with van der Waals surface area (Å²) in [6, 6.07) is 8.05. The summed E-state index contributed by atoms with van der Waals surface area (Å²) >= 11 is 1.69. The molecule has 4 aromatic rings. The number of imidazole rings is 1. The lowest BCUT2D eigenvalue weighted by Crippen LogP contribution is -2.46. The average Bonchev–Trinajstić information content (AvgIpc) is 3.44. The molecule has 1 aromatic carbocycles. The average molecular weight is 408 g/mol. The van der Waals surface area contributed by atoms with Crippen LogP contribution in [-0.2, 0) is 6.54 Å². The number of nitrogens with one attached hydrogen (secondary N) is 1. The molecule has 5 rings (SSSR count). The molecule has 0 bridgehead atoms. The second-order valence-electron chi connectivity index (χ2n) is 6.93. The first-order valence-corrected chi connectivity index (χ1v) is 10.4. The minimum absolute atomic E-state index is 0.714. The van der Waals surface area contributed by atoms with Crippen LogP contribution in [0.1, 0.15) is 5.69 Å². The summed E-state index contributed by atoms with van der Waals surface area (Å²) in [6.07, 6.45) is 3.25. The normalized spacial score (nSPS) is 15.1. The molecule has 0 unspecified atom stereocenters. The van der Waals surface area contributed by atoms with Gasteiger partial charge in [0.25, 0.3) is 0 Å².